The molecule has 0 amide bonds. The van der Waals surface area contributed by atoms with E-state index in [4.69, 9.17) is 19.6 Å². The van der Waals surface area contributed by atoms with Gasteiger partial charge in [0.2, 0.25) is 0 Å². The number of nitrogen functional groups attached to an aromatic ring is 1. The zero-order valence-electron chi connectivity index (χ0n) is 7.45. The summed E-state index contributed by atoms with van der Waals surface area (Å²) in [6.45, 7) is 1.10. The van der Waals surface area contributed by atoms with E-state index in [1.54, 1.807) is 6.26 Å². The molecule has 0 bridgehead atoms. The number of hydrogen-bond acceptors (Lipinski definition) is 4. The average molecular weight is 191 g/mol. The van der Waals surface area contributed by atoms with Crippen molar-refractivity contribution in [2.75, 3.05) is 18.9 Å². The van der Waals surface area contributed by atoms with Gasteiger partial charge in [0.05, 0.1) is 6.26 Å². The maximum Gasteiger partial charge on any atom is 0.188 e. The first-order valence-electron chi connectivity index (χ1n) is 4.41. The van der Waals surface area contributed by atoms with E-state index in [9.17, 15) is 0 Å². The van der Waals surface area contributed by atoms with Crippen molar-refractivity contribution in [3.63, 3.8) is 0 Å². The van der Waals surface area contributed by atoms with Crippen molar-refractivity contribution in [1.29, 1.82) is 0 Å². The van der Waals surface area contributed by atoms with Crippen molar-refractivity contribution in [3.8, 4) is 11.5 Å². The van der Waals surface area contributed by atoms with Gasteiger partial charge in [0.15, 0.2) is 17.1 Å². The Morgan fingerprint density at radius 3 is 3.00 bits per heavy atom. The predicted molar refractivity (Wildman–Crippen MR) is 51.6 cm³/mol. The average Bonchev–Trinajstić information content (AvgIpc) is 2.66. The second kappa shape index (κ2) is 2.57. The lowest BCUT2D eigenvalue weighted by atomic mass is 10.2. The van der Waals surface area contributed by atoms with Crippen LogP contribution in [0, 0.1) is 0 Å². The van der Waals surface area contributed by atoms with Crippen LogP contribution in [0.3, 0.4) is 0 Å². The van der Waals surface area contributed by atoms with Gasteiger partial charge < -0.3 is 19.6 Å². The van der Waals surface area contributed by atoms with Crippen molar-refractivity contribution in [2.45, 2.75) is 0 Å². The summed E-state index contributed by atoms with van der Waals surface area (Å²) in [5.41, 5.74) is 7.06. The minimum Gasteiger partial charge on any atom is -0.486 e. The lowest BCUT2D eigenvalue weighted by Gasteiger charge is -2.19. The summed E-state index contributed by atoms with van der Waals surface area (Å²) in [6, 6.07) is 3.73. The highest BCUT2D eigenvalue weighted by atomic mass is 16.6. The topological polar surface area (TPSA) is 57.6 Å². The van der Waals surface area contributed by atoms with Crippen LogP contribution in [-0.4, -0.2) is 13.2 Å². The van der Waals surface area contributed by atoms with Gasteiger partial charge in [-0.3, -0.25) is 0 Å². The molecule has 2 aromatic rings. The lowest BCUT2D eigenvalue weighted by molar-refractivity contribution is 0.173. The monoisotopic (exact) mass is 191 g/mol. The molecule has 2 N–H and O–H groups in total. The number of nitrogens with two attached hydrogens (primary N) is 1. The van der Waals surface area contributed by atoms with Gasteiger partial charge in [-0.15, -0.1) is 0 Å². The Morgan fingerprint density at radius 1 is 1.21 bits per heavy atom. The van der Waals surface area contributed by atoms with Gasteiger partial charge in [0.1, 0.15) is 18.9 Å². The third kappa shape index (κ3) is 0.878. The maximum absolute atomic E-state index is 5.89. The summed E-state index contributed by atoms with van der Waals surface area (Å²) in [4.78, 5) is 0. The summed E-state index contributed by atoms with van der Waals surface area (Å²) >= 11 is 0. The van der Waals surface area contributed by atoms with Crippen molar-refractivity contribution in [2.24, 2.45) is 0 Å². The number of fused-ring (bicyclic) bond motifs is 2. The van der Waals surface area contributed by atoms with E-state index in [1.807, 2.05) is 12.1 Å². The zero-order chi connectivity index (χ0) is 9.54. The van der Waals surface area contributed by atoms with Gasteiger partial charge in [-0.2, -0.15) is 0 Å². The Kier molecular flexibility index (Phi) is 1.39. The number of hydrogen-bond donors (Lipinski definition) is 1. The fourth-order valence-electron chi connectivity index (χ4n) is 1.65. The number of furan rings is 1. The zero-order valence-corrected chi connectivity index (χ0v) is 7.45. The predicted octanol–water partition coefficient (Wildman–Crippen LogP) is 1.79. The van der Waals surface area contributed by atoms with E-state index in [2.05, 4.69) is 0 Å². The van der Waals surface area contributed by atoms with Crippen LogP contribution in [0.5, 0.6) is 11.5 Å². The summed E-state index contributed by atoms with van der Waals surface area (Å²) in [5.74, 6) is 1.29. The van der Waals surface area contributed by atoms with E-state index >= 15 is 0 Å². The van der Waals surface area contributed by atoms with Crippen molar-refractivity contribution >= 4 is 16.7 Å². The molecule has 0 fully saturated rings. The number of rotatable bonds is 0. The first-order valence-corrected chi connectivity index (χ1v) is 4.41. The van der Waals surface area contributed by atoms with Crippen LogP contribution in [0.25, 0.3) is 11.0 Å². The second-order valence-corrected chi connectivity index (χ2v) is 3.15. The van der Waals surface area contributed by atoms with Crippen LogP contribution in [0.15, 0.2) is 22.8 Å². The molecule has 3 rings (SSSR count). The van der Waals surface area contributed by atoms with Gasteiger partial charge in [0.25, 0.3) is 0 Å². The summed E-state index contributed by atoms with van der Waals surface area (Å²) in [6.07, 6.45) is 1.60. The van der Waals surface area contributed by atoms with Crippen LogP contribution < -0.4 is 15.2 Å². The fraction of sp³-hybridized carbons (Fsp3) is 0.200. The highest BCUT2D eigenvalue weighted by Crippen LogP contribution is 2.41. The van der Waals surface area contributed by atoms with Crippen LogP contribution in [0.4, 0.5) is 5.69 Å². The smallest absolute Gasteiger partial charge is 0.188 e. The Bertz CT molecular complexity index is 489. The largest absolute Gasteiger partial charge is 0.486 e. The molecule has 72 valence electrons. The van der Waals surface area contributed by atoms with Crippen molar-refractivity contribution in [1.82, 2.24) is 0 Å². The molecule has 0 unspecified atom stereocenters. The summed E-state index contributed by atoms with van der Waals surface area (Å²) in [7, 11) is 0. The molecule has 1 aliphatic rings. The first kappa shape index (κ1) is 7.55. The molecule has 1 aromatic carbocycles. The Morgan fingerprint density at radius 2 is 2.07 bits per heavy atom. The molecule has 1 aliphatic heterocycles. The van der Waals surface area contributed by atoms with Crippen LogP contribution in [-0.2, 0) is 0 Å². The highest BCUT2D eigenvalue weighted by Gasteiger charge is 2.18. The molecule has 4 heteroatoms. The maximum atomic E-state index is 5.89. The molecule has 0 saturated heterocycles. The molecule has 0 saturated carbocycles. The lowest BCUT2D eigenvalue weighted by Crippen LogP contribution is -2.16. The summed E-state index contributed by atoms with van der Waals surface area (Å²) < 4.78 is 16.1. The minimum absolute atomic E-state index is 0.516. The standard InChI is InChI=1S/C10H9NO3/c11-8-9-6(1-2-13-9)5-7-10(8)14-4-3-12-7/h1-2,5H,3-4,11H2. The van der Waals surface area contributed by atoms with Gasteiger partial charge in [-0.1, -0.05) is 0 Å². The third-order valence-electron chi connectivity index (χ3n) is 2.28. The molecular weight excluding hydrogens is 182 g/mol. The van der Waals surface area contributed by atoms with E-state index < -0.39 is 0 Å². The first-order chi connectivity index (χ1) is 6.86. The molecule has 14 heavy (non-hydrogen) atoms. The number of benzene rings is 1. The minimum atomic E-state index is 0.516. The molecule has 2 heterocycles. The van der Waals surface area contributed by atoms with Gasteiger partial charge in [0, 0.05) is 5.39 Å². The number of anilines is 1. The van der Waals surface area contributed by atoms with E-state index in [0.29, 0.717) is 36.0 Å². The van der Waals surface area contributed by atoms with Gasteiger partial charge in [-0.25, -0.2) is 0 Å². The molecular formula is C10H9NO3. The third-order valence-corrected chi connectivity index (χ3v) is 2.28. The van der Waals surface area contributed by atoms with Crippen LogP contribution >= 0.6 is 0 Å². The Balaban J connectivity index is 2.36. The van der Waals surface area contributed by atoms with E-state index in [1.165, 1.54) is 0 Å². The van der Waals surface area contributed by atoms with E-state index in [0.717, 1.165) is 5.39 Å². The normalized spacial score (nSPS) is 14.6. The SMILES string of the molecule is Nc1c2c(cc3ccoc13)OCCO2. The van der Waals surface area contributed by atoms with Crippen LogP contribution in [0.2, 0.25) is 0 Å². The van der Waals surface area contributed by atoms with Gasteiger partial charge >= 0.3 is 0 Å². The molecule has 0 radical (unpaired) electrons. The molecule has 0 atom stereocenters. The Labute approximate surface area is 80.2 Å². The summed E-state index contributed by atoms with van der Waals surface area (Å²) in [5, 5.41) is 0.937. The van der Waals surface area contributed by atoms with E-state index in [-0.39, 0.29) is 0 Å². The molecule has 0 aliphatic carbocycles. The van der Waals surface area contributed by atoms with Gasteiger partial charge in [-0.05, 0) is 12.1 Å². The highest BCUT2D eigenvalue weighted by molar-refractivity contribution is 5.93. The van der Waals surface area contributed by atoms with Crippen LogP contribution in [0.1, 0.15) is 0 Å². The Hall–Kier alpha value is -1.84. The van der Waals surface area contributed by atoms with Crippen molar-refractivity contribution < 1.29 is 13.9 Å². The molecule has 4 nitrogen and oxygen atoms in total. The molecule has 0 spiro atoms. The number of ether oxygens (including phenoxy) is 2. The quantitative estimate of drug-likeness (QED) is 0.645. The fourth-order valence-corrected chi connectivity index (χ4v) is 1.65. The van der Waals surface area contributed by atoms with Crippen molar-refractivity contribution in [3.05, 3.63) is 18.4 Å². The molecule has 1 aromatic heterocycles. The second-order valence-electron chi connectivity index (χ2n) is 3.15.